The standard InChI is InChI=1S/C11H14BrNO3S/c1-16-11-6-5-9(7-10(11)12)17(14,15)13-8-3-2-4-8/h5-8,13H,2-4H2,1H3. The van der Waals surface area contributed by atoms with Crippen LogP contribution in [0.1, 0.15) is 19.3 Å². The molecule has 1 aliphatic carbocycles. The van der Waals surface area contributed by atoms with Crippen molar-refractivity contribution in [1.82, 2.24) is 4.72 Å². The number of benzene rings is 1. The van der Waals surface area contributed by atoms with Crippen molar-refractivity contribution >= 4 is 26.0 Å². The van der Waals surface area contributed by atoms with Gasteiger partial charge in [-0.3, -0.25) is 0 Å². The zero-order valence-corrected chi connectivity index (χ0v) is 11.8. The summed E-state index contributed by atoms with van der Waals surface area (Å²) in [6.45, 7) is 0. The van der Waals surface area contributed by atoms with E-state index in [4.69, 9.17) is 4.74 Å². The number of hydrogen-bond donors (Lipinski definition) is 1. The van der Waals surface area contributed by atoms with Crippen LogP contribution in [0.2, 0.25) is 0 Å². The topological polar surface area (TPSA) is 55.4 Å². The van der Waals surface area contributed by atoms with E-state index in [-0.39, 0.29) is 10.9 Å². The molecule has 1 aliphatic rings. The summed E-state index contributed by atoms with van der Waals surface area (Å²) in [5.41, 5.74) is 0. The summed E-state index contributed by atoms with van der Waals surface area (Å²) in [7, 11) is -1.86. The summed E-state index contributed by atoms with van der Waals surface area (Å²) in [4.78, 5) is 0.261. The molecule has 0 aromatic heterocycles. The van der Waals surface area contributed by atoms with Crippen LogP contribution >= 0.6 is 15.9 Å². The minimum Gasteiger partial charge on any atom is -0.496 e. The van der Waals surface area contributed by atoms with Gasteiger partial charge in [0.1, 0.15) is 5.75 Å². The Hall–Kier alpha value is -0.590. The van der Waals surface area contributed by atoms with Crippen molar-refractivity contribution in [2.24, 2.45) is 0 Å². The number of hydrogen-bond acceptors (Lipinski definition) is 3. The van der Waals surface area contributed by atoms with Crippen molar-refractivity contribution in [1.29, 1.82) is 0 Å². The minimum atomic E-state index is -3.40. The van der Waals surface area contributed by atoms with Crippen molar-refractivity contribution in [2.45, 2.75) is 30.2 Å². The van der Waals surface area contributed by atoms with E-state index in [9.17, 15) is 8.42 Å². The monoisotopic (exact) mass is 319 g/mol. The Bertz CT molecular complexity index is 511. The zero-order valence-electron chi connectivity index (χ0n) is 9.44. The molecule has 0 amide bonds. The molecule has 0 heterocycles. The lowest BCUT2D eigenvalue weighted by Gasteiger charge is -2.26. The van der Waals surface area contributed by atoms with Gasteiger partial charge in [-0.1, -0.05) is 6.42 Å². The molecule has 6 heteroatoms. The van der Waals surface area contributed by atoms with Crippen molar-refractivity contribution in [2.75, 3.05) is 7.11 Å². The van der Waals surface area contributed by atoms with Crippen molar-refractivity contribution in [3.05, 3.63) is 22.7 Å². The molecule has 1 saturated carbocycles. The van der Waals surface area contributed by atoms with Crippen LogP contribution in [0, 0.1) is 0 Å². The van der Waals surface area contributed by atoms with Gasteiger partial charge in [0.2, 0.25) is 10.0 Å². The van der Waals surface area contributed by atoms with Gasteiger partial charge in [-0.15, -0.1) is 0 Å². The van der Waals surface area contributed by atoms with Crippen LogP contribution < -0.4 is 9.46 Å². The highest BCUT2D eigenvalue weighted by Gasteiger charge is 2.25. The number of sulfonamides is 1. The lowest BCUT2D eigenvalue weighted by Crippen LogP contribution is -2.39. The fourth-order valence-electron chi connectivity index (χ4n) is 1.63. The lowest BCUT2D eigenvalue weighted by molar-refractivity contribution is 0.383. The molecule has 17 heavy (non-hydrogen) atoms. The first-order valence-corrected chi connectivity index (χ1v) is 7.66. The van der Waals surface area contributed by atoms with E-state index in [1.165, 1.54) is 0 Å². The van der Waals surface area contributed by atoms with E-state index in [0.29, 0.717) is 10.2 Å². The molecule has 94 valence electrons. The second-order valence-corrected chi connectivity index (χ2v) is 6.61. The molecule has 0 atom stereocenters. The van der Waals surface area contributed by atoms with Gasteiger partial charge >= 0.3 is 0 Å². The van der Waals surface area contributed by atoms with E-state index in [2.05, 4.69) is 20.7 Å². The third kappa shape index (κ3) is 2.81. The van der Waals surface area contributed by atoms with Gasteiger partial charge in [0.25, 0.3) is 0 Å². The molecular weight excluding hydrogens is 306 g/mol. The van der Waals surface area contributed by atoms with Crippen LogP contribution in [0.5, 0.6) is 5.75 Å². The smallest absolute Gasteiger partial charge is 0.240 e. The summed E-state index contributed by atoms with van der Waals surface area (Å²) >= 11 is 3.28. The molecule has 1 N–H and O–H groups in total. The average molecular weight is 320 g/mol. The number of methoxy groups -OCH3 is 1. The van der Waals surface area contributed by atoms with Crippen molar-refractivity contribution < 1.29 is 13.2 Å². The maximum absolute atomic E-state index is 12.0. The first-order valence-electron chi connectivity index (χ1n) is 5.39. The van der Waals surface area contributed by atoms with E-state index in [1.54, 1.807) is 25.3 Å². The zero-order chi connectivity index (χ0) is 12.5. The van der Waals surface area contributed by atoms with Crippen molar-refractivity contribution in [3.8, 4) is 5.75 Å². The number of ether oxygens (including phenoxy) is 1. The molecule has 4 nitrogen and oxygen atoms in total. The highest BCUT2D eigenvalue weighted by molar-refractivity contribution is 9.10. The summed E-state index contributed by atoms with van der Waals surface area (Å²) < 4.78 is 32.4. The van der Waals surface area contributed by atoms with Crippen LogP contribution in [0.25, 0.3) is 0 Å². The second kappa shape index (κ2) is 4.96. The van der Waals surface area contributed by atoms with Crippen LogP contribution in [0.15, 0.2) is 27.6 Å². The summed E-state index contributed by atoms with van der Waals surface area (Å²) in [5, 5.41) is 0. The molecule has 0 saturated heterocycles. The van der Waals surface area contributed by atoms with Gasteiger partial charge < -0.3 is 4.74 Å². The third-order valence-electron chi connectivity index (χ3n) is 2.86. The Labute approximate surface area is 110 Å². The molecule has 2 rings (SSSR count). The highest BCUT2D eigenvalue weighted by Crippen LogP contribution is 2.28. The maximum Gasteiger partial charge on any atom is 0.240 e. The Morgan fingerprint density at radius 2 is 2.12 bits per heavy atom. The Morgan fingerprint density at radius 3 is 2.59 bits per heavy atom. The largest absolute Gasteiger partial charge is 0.496 e. The number of rotatable bonds is 4. The van der Waals surface area contributed by atoms with Gasteiger partial charge in [0.15, 0.2) is 0 Å². The Kier molecular flexibility index (Phi) is 3.75. The van der Waals surface area contributed by atoms with Crippen LogP contribution in [-0.4, -0.2) is 21.6 Å². The lowest BCUT2D eigenvalue weighted by atomic mass is 9.94. The molecule has 0 radical (unpaired) electrons. The van der Waals surface area contributed by atoms with Gasteiger partial charge in [-0.2, -0.15) is 0 Å². The quantitative estimate of drug-likeness (QED) is 0.926. The molecule has 0 unspecified atom stereocenters. The molecule has 1 aromatic carbocycles. The Morgan fingerprint density at radius 1 is 1.41 bits per heavy atom. The fraction of sp³-hybridized carbons (Fsp3) is 0.455. The minimum absolute atomic E-state index is 0.0980. The first-order chi connectivity index (χ1) is 8.03. The highest BCUT2D eigenvalue weighted by atomic mass is 79.9. The van der Waals surface area contributed by atoms with Gasteiger partial charge in [0.05, 0.1) is 16.5 Å². The Balaban J connectivity index is 2.23. The second-order valence-electron chi connectivity index (χ2n) is 4.05. The SMILES string of the molecule is COc1ccc(S(=O)(=O)NC2CCC2)cc1Br. The predicted molar refractivity (Wildman–Crippen MR) is 68.7 cm³/mol. The molecule has 0 aliphatic heterocycles. The van der Waals surface area contributed by atoms with E-state index < -0.39 is 10.0 Å². The molecule has 1 fully saturated rings. The van der Waals surface area contributed by atoms with Crippen molar-refractivity contribution in [3.63, 3.8) is 0 Å². The normalized spacial score (nSPS) is 16.6. The summed E-state index contributed by atoms with van der Waals surface area (Å²) in [5.74, 6) is 0.618. The molecule has 0 bridgehead atoms. The van der Waals surface area contributed by atoms with E-state index in [0.717, 1.165) is 19.3 Å². The van der Waals surface area contributed by atoms with Gasteiger partial charge in [-0.25, -0.2) is 13.1 Å². The molecule has 0 spiro atoms. The van der Waals surface area contributed by atoms with E-state index in [1.807, 2.05) is 0 Å². The number of halogens is 1. The van der Waals surface area contributed by atoms with E-state index >= 15 is 0 Å². The number of nitrogens with one attached hydrogen (secondary N) is 1. The summed E-state index contributed by atoms with van der Waals surface area (Å²) in [6.07, 6.45) is 2.95. The summed E-state index contributed by atoms with van der Waals surface area (Å²) in [6, 6.07) is 4.84. The third-order valence-corrected chi connectivity index (χ3v) is 5.00. The van der Waals surface area contributed by atoms with Gasteiger partial charge in [0, 0.05) is 6.04 Å². The first kappa shape index (κ1) is 12.9. The van der Waals surface area contributed by atoms with Gasteiger partial charge in [-0.05, 0) is 47.0 Å². The maximum atomic E-state index is 12.0. The average Bonchev–Trinajstić information content (AvgIpc) is 2.23. The van der Waals surface area contributed by atoms with Crippen LogP contribution in [0.4, 0.5) is 0 Å². The fourth-order valence-corrected chi connectivity index (χ4v) is 3.65. The van der Waals surface area contributed by atoms with Crippen LogP contribution in [-0.2, 0) is 10.0 Å². The molecular formula is C11H14BrNO3S. The van der Waals surface area contributed by atoms with Crippen LogP contribution in [0.3, 0.4) is 0 Å². The molecule has 1 aromatic rings. The predicted octanol–water partition coefficient (Wildman–Crippen LogP) is 2.29.